The number of rotatable bonds is 5. The van der Waals surface area contributed by atoms with Gasteiger partial charge in [-0.05, 0) is 0 Å². The van der Waals surface area contributed by atoms with E-state index in [-0.39, 0.29) is 11.5 Å². The molecule has 0 aliphatic carbocycles. The number of fused-ring (bicyclic) bond motifs is 1. The first-order valence-corrected chi connectivity index (χ1v) is 8.45. The number of halogens is 1. The van der Waals surface area contributed by atoms with E-state index < -0.39 is 0 Å². The monoisotopic (exact) mass is 365 g/mol. The molecule has 0 fully saturated rings. The van der Waals surface area contributed by atoms with E-state index >= 15 is 0 Å². The Morgan fingerprint density at radius 1 is 1.48 bits per heavy atom. The molecule has 0 unspecified atom stereocenters. The van der Waals surface area contributed by atoms with Crippen molar-refractivity contribution in [1.82, 2.24) is 25.0 Å². The van der Waals surface area contributed by atoms with E-state index in [0.717, 1.165) is 0 Å². The van der Waals surface area contributed by atoms with Gasteiger partial charge in [0.25, 0.3) is 11.5 Å². The third-order valence-electron chi connectivity index (χ3n) is 4.11. The van der Waals surface area contributed by atoms with Crippen molar-refractivity contribution in [3.8, 4) is 5.75 Å². The van der Waals surface area contributed by atoms with E-state index in [9.17, 15) is 9.59 Å². The Labute approximate surface area is 149 Å². The highest BCUT2D eigenvalue weighted by atomic mass is 35.5. The molecule has 2 N–H and O–H groups in total. The zero-order valence-electron chi connectivity index (χ0n) is 13.9. The normalized spacial score (nSPS) is 13.8. The number of pyridine rings is 1. The van der Waals surface area contributed by atoms with Crippen molar-refractivity contribution in [2.75, 3.05) is 26.7 Å². The molecule has 1 aliphatic heterocycles. The van der Waals surface area contributed by atoms with E-state index in [4.69, 9.17) is 16.3 Å². The lowest BCUT2D eigenvalue weighted by molar-refractivity contribution is 0.0946. The first-order valence-electron chi connectivity index (χ1n) is 8.07. The van der Waals surface area contributed by atoms with E-state index in [1.54, 1.807) is 21.6 Å². The number of nitrogens with zero attached hydrogens (tertiary/aromatic N) is 3. The average Bonchev–Trinajstić information content (AvgIpc) is 2.85. The van der Waals surface area contributed by atoms with Crippen LogP contribution in [0.2, 0.25) is 5.02 Å². The SMILES string of the molecule is COc1cc(=O)n2c(c1C(=O)NCCn1cc(Cl)cn1)CCNCC2. The third-order valence-corrected chi connectivity index (χ3v) is 4.30. The van der Waals surface area contributed by atoms with Gasteiger partial charge in [0.2, 0.25) is 0 Å². The fourth-order valence-electron chi connectivity index (χ4n) is 2.94. The maximum Gasteiger partial charge on any atom is 0.256 e. The predicted molar refractivity (Wildman–Crippen MR) is 93.4 cm³/mol. The Hall–Kier alpha value is -2.32. The number of hydrogen-bond acceptors (Lipinski definition) is 5. The number of ether oxygens (including phenoxy) is 1. The molecule has 8 nitrogen and oxygen atoms in total. The highest BCUT2D eigenvalue weighted by Crippen LogP contribution is 2.21. The number of carbonyl (C=O) groups excluding carboxylic acids is 1. The molecule has 1 aliphatic rings. The summed E-state index contributed by atoms with van der Waals surface area (Å²) >= 11 is 5.82. The van der Waals surface area contributed by atoms with Gasteiger partial charge in [0, 0.05) is 50.6 Å². The second-order valence-corrected chi connectivity index (χ2v) is 6.14. The third kappa shape index (κ3) is 3.85. The number of nitrogens with one attached hydrogen (secondary N) is 2. The molecule has 0 bridgehead atoms. The van der Waals surface area contributed by atoms with E-state index in [1.807, 2.05) is 0 Å². The Morgan fingerprint density at radius 2 is 2.32 bits per heavy atom. The van der Waals surface area contributed by atoms with Gasteiger partial charge >= 0.3 is 0 Å². The summed E-state index contributed by atoms with van der Waals surface area (Å²) in [6.45, 7) is 2.82. The van der Waals surface area contributed by atoms with Gasteiger partial charge in [-0.2, -0.15) is 5.10 Å². The largest absolute Gasteiger partial charge is 0.496 e. The highest BCUT2D eigenvalue weighted by molar-refractivity contribution is 6.30. The molecular weight excluding hydrogens is 346 g/mol. The molecule has 25 heavy (non-hydrogen) atoms. The molecule has 0 saturated heterocycles. The van der Waals surface area contributed by atoms with Gasteiger partial charge in [-0.1, -0.05) is 11.6 Å². The number of carbonyl (C=O) groups is 1. The average molecular weight is 366 g/mol. The molecule has 3 rings (SSSR count). The molecule has 2 aromatic heterocycles. The summed E-state index contributed by atoms with van der Waals surface area (Å²) in [5.74, 6) is 0.0403. The molecule has 0 radical (unpaired) electrons. The van der Waals surface area contributed by atoms with Crippen LogP contribution in [0.1, 0.15) is 16.1 Å². The Morgan fingerprint density at radius 3 is 3.04 bits per heavy atom. The van der Waals surface area contributed by atoms with Crippen LogP contribution in [0, 0.1) is 0 Å². The van der Waals surface area contributed by atoms with Crippen LogP contribution in [-0.2, 0) is 19.5 Å². The Balaban J connectivity index is 1.82. The van der Waals surface area contributed by atoms with Crippen LogP contribution in [0.25, 0.3) is 0 Å². The molecule has 1 amide bonds. The summed E-state index contributed by atoms with van der Waals surface area (Å²) in [6.07, 6.45) is 3.82. The second-order valence-electron chi connectivity index (χ2n) is 5.70. The van der Waals surface area contributed by atoms with Crippen LogP contribution in [0.5, 0.6) is 5.75 Å². The maximum atomic E-state index is 12.7. The lowest BCUT2D eigenvalue weighted by Crippen LogP contribution is -2.33. The maximum absolute atomic E-state index is 12.7. The lowest BCUT2D eigenvalue weighted by atomic mass is 10.1. The molecule has 0 atom stereocenters. The number of aromatic nitrogens is 3. The van der Waals surface area contributed by atoms with Crippen molar-refractivity contribution in [3.05, 3.63) is 45.1 Å². The van der Waals surface area contributed by atoms with Gasteiger partial charge < -0.3 is 19.9 Å². The molecule has 0 aromatic carbocycles. The van der Waals surface area contributed by atoms with Crippen molar-refractivity contribution in [1.29, 1.82) is 0 Å². The molecule has 0 saturated carbocycles. The van der Waals surface area contributed by atoms with Gasteiger partial charge in [0.15, 0.2) is 0 Å². The Bertz CT molecular complexity index is 830. The van der Waals surface area contributed by atoms with Gasteiger partial charge in [-0.15, -0.1) is 0 Å². The summed E-state index contributed by atoms with van der Waals surface area (Å²) < 4.78 is 8.59. The summed E-state index contributed by atoms with van der Waals surface area (Å²) in [7, 11) is 1.46. The van der Waals surface area contributed by atoms with Gasteiger partial charge in [0.05, 0.1) is 24.9 Å². The summed E-state index contributed by atoms with van der Waals surface area (Å²) in [5, 5.41) is 10.7. The van der Waals surface area contributed by atoms with Crippen molar-refractivity contribution in [2.45, 2.75) is 19.5 Å². The Kier molecular flexibility index (Phi) is 5.40. The standard InChI is InChI=1S/C16H20ClN5O3/c1-25-13-8-14(23)22-7-4-18-3-2-12(22)15(13)16(24)19-5-6-21-10-11(17)9-20-21/h8-10,18H,2-7H2,1H3,(H,19,24). The van der Waals surface area contributed by atoms with Crippen LogP contribution >= 0.6 is 11.6 Å². The van der Waals surface area contributed by atoms with Crippen LogP contribution in [-0.4, -0.2) is 47.0 Å². The van der Waals surface area contributed by atoms with Crippen molar-refractivity contribution in [3.63, 3.8) is 0 Å². The molecule has 134 valence electrons. The van der Waals surface area contributed by atoms with Gasteiger partial charge in [-0.25, -0.2) is 0 Å². The fourth-order valence-corrected chi connectivity index (χ4v) is 3.09. The number of methoxy groups -OCH3 is 1. The minimum Gasteiger partial charge on any atom is -0.496 e. The van der Waals surface area contributed by atoms with Crippen molar-refractivity contribution < 1.29 is 9.53 Å². The number of hydrogen-bond donors (Lipinski definition) is 2. The predicted octanol–water partition coefficient (Wildman–Crippen LogP) is 0.282. The minimum absolute atomic E-state index is 0.154. The minimum atomic E-state index is -0.263. The highest BCUT2D eigenvalue weighted by Gasteiger charge is 2.23. The van der Waals surface area contributed by atoms with E-state index in [2.05, 4.69) is 15.7 Å². The molecule has 9 heteroatoms. The van der Waals surface area contributed by atoms with E-state index in [0.29, 0.717) is 61.2 Å². The summed E-state index contributed by atoms with van der Waals surface area (Å²) in [6, 6.07) is 1.37. The first kappa shape index (κ1) is 17.5. The summed E-state index contributed by atoms with van der Waals surface area (Å²) in [5.41, 5.74) is 0.969. The first-order chi connectivity index (χ1) is 12.1. The second kappa shape index (κ2) is 7.71. The lowest BCUT2D eigenvalue weighted by Gasteiger charge is -2.17. The van der Waals surface area contributed by atoms with E-state index in [1.165, 1.54) is 13.2 Å². The van der Waals surface area contributed by atoms with Crippen LogP contribution in [0.4, 0.5) is 0 Å². The van der Waals surface area contributed by atoms with Crippen LogP contribution in [0.3, 0.4) is 0 Å². The van der Waals surface area contributed by atoms with Crippen LogP contribution in [0.15, 0.2) is 23.3 Å². The smallest absolute Gasteiger partial charge is 0.256 e. The molecule has 3 heterocycles. The fraction of sp³-hybridized carbons (Fsp3) is 0.438. The molecular formula is C16H20ClN5O3. The topological polar surface area (TPSA) is 90.2 Å². The van der Waals surface area contributed by atoms with Crippen LogP contribution < -0.4 is 20.9 Å². The number of amides is 1. The summed E-state index contributed by atoms with van der Waals surface area (Å²) in [4.78, 5) is 25.0. The quantitative estimate of drug-likeness (QED) is 0.794. The zero-order valence-corrected chi connectivity index (χ0v) is 14.7. The van der Waals surface area contributed by atoms with Gasteiger partial charge in [-0.3, -0.25) is 14.3 Å². The molecule has 0 spiro atoms. The molecule has 2 aromatic rings. The van der Waals surface area contributed by atoms with Crippen molar-refractivity contribution in [2.24, 2.45) is 0 Å². The van der Waals surface area contributed by atoms with Crippen molar-refractivity contribution >= 4 is 17.5 Å². The van der Waals surface area contributed by atoms with Gasteiger partial charge in [0.1, 0.15) is 11.3 Å². The zero-order chi connectivity index (χ0) is 17.8.